The van der Waals surface area contributed by atoms with Gasteiger partial charge in [-0.05, 0) is 18.2 Å². The lowest BCUT2D eigenvalue weighted by atomic mass is 10.2. The van der Waals surface area contributed by atoms with Gasteiger partial charge in [0.2, 0.25) is 0 Å². The smallest absolute Gasteiger partial charge is 0.255 e. The predicted molar refractivity (Wildman–Crippen MR) is 72.2 cm³/mol. The van der Waals surface area contributed by atoms with E-state index in [4.69, 9.17) is 23.2 Å². The summed E-state index contributed by atoms with van der Waals surface area (Å²) in [5.41, 5.74) is 0.242. The van der Waals surface area contributed by atoms with Crippen LogP contribution >= 0.6 is 39.1 Å². The molecule has 0 radical (unpaired) electrons. The van der Waals surface area contributed by atoms with Gasteiger partial charge in [-0.25, -0.2) is 8.78 Å². The number of benzene rings is 1. The maximum Gasteiger partial charge on any atom is 0.255 e. The van der Waals surface area contributed by atoms with Gasteiger partial charge in [-0.2, -0.15) is 0 Å². The van der Waals surface area contributed by atoms with Crippen LogP contribution in [0.15, 0.2) is 18.2 Å². The fraction of sp³-hybridized carbons (Fsp3) is 0.364. The Kier molecular flexibility index (Phi) is 6.32. The third kappa shape index (κ3) is 4.37. The van der Waals surface area contributed by atoms with Gasteiger partial charge in [-0.15, -0.1) is 0 Å². The number of nitrogens with zero attached hydrogens (tertiary/aromatic N) is 1. The molecule has 0 saturated heterocycles. The molecule has 0 aliphatic rings. The fourth-order valence-corrected chi connectivity index (χ4v) is 2.08. The van der Waals surface area contributed by atoms with E-state index >= 15 is 0 Å². The number of hydrogen-bond acceptors (Lipinski definition) is 1. The number of amides is 1. The molecule has 0 bridgehead atoms. The molecule has 1 amide bonds. The van der Waals surface area contributed by atoms with Crippen LogP contribution in [0.25, 0.3) is 0 Å². The molecule has 0 saturated carbocycles. The molecule has 1 aromatic rings. The van der Waals surface area contributed by atoms with Crippen molar-refractivity contribution >= 4 is 45.0 Å². The zero-order valence-corrected chi connectivity index (χ0v) is 12.3. The molecule has 0 aromatic heterocycles. The van der Waals surface area contributed by atoms with Crippen molar-refractivity contribution in [3.05, 3.63) is 33.8 Å². The summed E-state index contributed by atoms with van der Waals surface area (Å²) in [6.45, 7) is -0.409. The van der Waals surface area contributed by atoms with E-state index in [0.717, 1.165) is 4.90 Å². The van der Waals surface area contributed by atoms with Crippen LogP contribution in [0.3, 0.4) is 0 Å². The Morgan fingerprint density at radius 3 is 2.50 bits per heavy atom. The van der Waals surface area contributed by atoms with E-state index in [1.165, 1.54) is 18.2 Å². The molecule has 2 nitrogen and oxygen atoms in total. The Labute approximate surface area is 122 Å². The van der Waals surface area contributed by atoms with Crippen LogP contribution in [0.5, 0.6) is 0 Å². The maximum atomic E-state index is 12.4. The van der Waals surface area contributed by atoms with Crippen molar-refractivity contribution in [1.82, 2.24) is 4.90 Å². The predicted octanol–water partition coefficient (Wildman–Crippen LogP) is 4.10. The first kappa shape index (κ1) is 15.7. The Balaban J connectivity index is 2.90. The molecule has 7 heteroatoms. The van der Waals surface area contributed by atoms with Crippen LogP contribution in [0, 0.1) is 0 Å². The van der Waals surface area contributed by atoms with Crippen molar-refractivity contribution in [1.29, 1.82) is 0 Å². The van der Waals surface area contributed by atoms with Gasteiger partial charge >= 0.3 is 0 Å². The molecule has 0 heterocycles. The fourth-order valence-electron chi connectivity index (χ4n) is 1.36. The lowest BCUT2D eigenvalue weighted by Crippen LogP contribution is -2.36. The van der Waals surface area contributed by atoms with E-state index in [-0.39, 0.29) is 17.1 Å². The molecule has 0 unspecified atom stereocenters. The zero-order valence-electron chi connectivity index (χ0n) is 9.18. The molecule has 0 fully saturated rings. The molecule has 1 aromatic carbocycles. The highest BCUT2D eigenvalue weighted by Gasteiger charge is 2.19. The Bertz CT molecular complexity index is 432. The second-order valence-corrected chi connectivity index (χ2v) is 5.07. The molecule has 100 valence electrons. The maximum absolute atomic E-state index is 12.4. The summed E-state index contributed by atoms with van der Waals surface area (Å²) in [7, 11) is 0. The van der Waals surface area contributed by atoms with E-state index in [9.17, 15) is 13.6 Å². The molecule has 0 N–H and O–H groups in total. The molecule has 18 heavy (non-hydrogen) atoms. The summed E-state index contributed by atoms with van der Waals surface area (Å²) in [6, 6.07) is 4.30. The molecule has 0 aliphatic carbocycles. The molecular formula is C11H10BrCl2F2NO. The Morgan fingerprint density at radius 1 is 1.33 bits per heavy atom. The zero-order chi connectivity index (χ0) is 13.7. The van der Waals surface area contributed by atoms with E-state index in [0.29, 0.717) is 10.4 Å². The van der Waals surface area contributed by atoms with Gasteiger partial charge in [0.05, 0.1) is 16.6 Å². The number of halogens is 5. The number of carbonyl (C=O) groups is 1. The summed E-state index contributed by atoms with van der Waals surface area (Å²) in [5.74, 6) is -0.492. The van der Waals surface area contributed by atoms with Crippen LogP contribution in [0.4, 0.5) is 8.78 Å². The van der Waals surface area contributed by atoms with Crippen LogP contribution in [0.1, 0.15) is 10.4 Å². The summed E-state index contributed by atoms with van der Waals surface area (Å²) < 4.78 is 24.7. The molecule has 1 rings (SSSR count). The average molecular weight is 361 g/mol. The first-order chi connectivity index (χ1) is 8.45. The van der Waals surface area contributed by atoms with Gasteiger partial charge in [0.25, 0.3) is 12.3 Å². The quantitative estimate of drug-likeness (QED) is 0.724. The normalized spacial score (nSPS) is 10.8. The molecular weight excluding hydrogens is 351 g/mol. The average Bonchev–Trinajstić information content (AvgIpc) is 2.31. The minimum Gasteiger partial charge on any atom is -0.332 e. The van der Waals surface area contributed by atoms with Crippen molar-refractivity contribution in [2.75, 3.05) is 18.4 Å². The van der Waals surface area contributed by atoms with Crippen molar-refractivity contribution in [3.63, 3.8) is 0 Å². The topological polar surface area (TPSA) is 20.3 Å². The second kappa shape index (κ2) is 7.26. The van der Waals surface area contributed by atoms with E-state index in [1.807, 2.05) is 0 Å². The largest absolute Gasteiger partial charge is 0.332 e. The summed E-state index contributed by atoms with van der Waals surface area (Å²) in [5, 5.41) is 0.958. The minimum absolute atomic E-state index is 0.198. The van der Waals surface area contributed by atoms with Crippen LogP contribution in [0.2, 0.25) is 10.0 Å². The summed E-state index contributed by atoms with van der Waals surface area (Å²) in [6.07, 6.45) is -2.57. The number of carbonyl (C=O) groups excluding carboxylic acids is 1. The Morgan fingerprint density at radius 2 is 2.00 bits per heavy atom. The van der Waals surface area contributed by atoms with Gasteiger partial charge in [-0.3, -0.25) is 4.79 Å². The lowest BCUT2D eigenvalue weighted by Gasteiger charge is -2.21. The third-order valence-corrected chi connectivity index (χ3v) is 3.26. The van der Waals surface area contributed by atoms with Gasteiger partial charge in [-0.1, -0.05) is 39.1 Å². The lowest BCUT2D eigenvalue weighted by molar-refractivity contribution is 0.0572. The highest BCUT2D eigenvalue weighted by Crippen LogP contribution is 2.23. The number of hydrogen-bond donors (Lipinski definition) is 0. The van der Waals surface area contributed by atoms with Crippen molar-refractivity contribution in [2.24, 2.45) is 0 Å². The first-order valence-electron chi connectivity index (χ1n) is 5.04. The third-order valence-electron chi connectivity index (χ3n) is 2.17. The highest BCUT2D eigenvalue weighted by atomic mass is 79.9. The standard InChI is InChI=1S/C11H10BrCl2F2NO/c12-3-4-17(6-10(15)16)11(18)7-1-2-8(13)9(14)5-7/h1-2,5,10H,3-4,6H2. The van der Waals surface area contributed by atoms with E-state index in [1.54, 1.807) is 0 Å². The summed E-state index contributed by atoms with van der Waals surface area (Å²) in [4.78, 5) is 13.1. The minimum atomic E-state index is -2.57. The van der Waals surface area contributed by atoms with Crippen LogP contribution in [-0.4, -0.2) is 35.7 Å². The van der Waals surface area contributed by atoms with Crippen molar-refractivity contribution < 1.29 is 13.6 Å². The highest BCUT2D eigenvalue weighted by molar-refractivity contribution is 9.09. The van der Waals surface area contributed by atoms with Gasteiger partial charge in [0, 0.05) is 17.4 Å². The number of rotatable bonds is 5. The van der Waals surface area contributed by atoms with Crippen molar-refractivity contribution in [3.8, 4) is 0 Å². The van der Waals surface area contributed by atoms with Gasteiger partial charge < -0.3 is 4.90 Å². The monoisotopic (exact) mass is 359 g/mol. The summed E-state index contributed by atoms with van der Waals surface area (Å²) >= 11 is 14.6. The second-order valence-electron chi connectivity index (χ2n) is 3.46. The van der Waals surface area contributed by atoms with Crippen LogP contribution in [-0.2, 0) is 0 Å². The number of alkyl halides is 3. The first-order valence-corrected chi connectivity index (χ1v) is 6.92. The van der Waals surface area contributed by atoms with E-state index in [2.05, 4.69) is 15.9 Å². The Hall–Kier alpha value is -0.390. The van der Waals surface area contributed by atoms with Gasteiger partial charge in [0.15, 0.2) is 0 Å². The van der Waals surface area contributed by atoms with Crippen LogP contribution < -0.4 is 0 Å². The van der Waals surface area contributed by atoms with E-state index < -0.39 is 18.9 Å². The van der Waals surface area contributed by atoms with Gasteiger partial charge in [0.1, 0.15) is 0 Å². The molecule has 0 atom stereocenters. The SMILES string of the molecule is O=C(c1ccc(Cl)c(Cl)c1)N(CCBr)CC(F)F. The van der Waals surface area contributed by atoms with Crippen molar-refractivity contribution in [2.45, 2.75) is 6.43 Å². The molecule has 0 aliphatic heterocycles. The molecule has 0 spiro atoms.